The summed E-state index contributed by atoms with van der Waals surface area (Å²) in [7, 11) is -3.80. The van der Waals surface area contributed by atoms with Crippen molar-refractivity contribution in [2.45, 2.75) is 18.7 Å². The second-order valence-electron chi connectivity index (χ2n) is 5.89. The van der Waals surface area contributed by atoms with Gasteiger partial charge in [0.05, 0.1) is 29.2 Å². The van der Waals surface area contributed by atoms with Crippen LogP contribution in [0.5, 0.6) is 0 Å². The first-order valence-corrected chi connectivity index (χ1v) is 10.8. The summed E-state index contributed by atoms with van der Waals surface area (Å²) in [5, 5.41) is 11.0. The molecule has 0 aliphatic carbocycles. The summed E-state index contributed by atoms with van der Waals surface area (Å²) in [6.45, 7) is 3.71. The molecule has 30 heavy (non-hydrogen) atoms. The van der Waals surface area contributed by atoms with E-state index in [9.17, 15) is 18.0 Å². The standard InChI is InChI=1S/C19H21N3O6S2/c1-3-27-17(23)12-9-13(18(24)28-4-2)11-15(10-12)22-19(29)21-14-5-7-16(8-6-14)30(20,25)26/h5-11H,3-4H2,1-2H3,(H2,20,25,26)(H2,21,22,29). The number of carbonyl (C=O) groups is 2. The van der Waals surface area contributed by atoms with Crippen LogP contribution in [0.25, 0.3) is 0 Å². The number of esters is 2. The molecule has 2 rings (SSSR count). The van der Waals surface area contributed by atoms with Gasteiger partial charge in [0.1, 0.15) is 0 Å². The van der Waals surface area contributed by atoms with Crippen LogP contribution < -0.4 is 15.8 Å². The van der Waals surface area contributed by atoms with Crippen molar-refractivity contribution in [1.29, 1.82) is 0 Å². The summed E-state index contributed by atoms with van der Waals surface area (Å²) < 4.78 is 32.6. The lowest BCUT2D eigenvalue weighted by Crippen LogP contribution is -2.20. The van der Waals surface area contributed by atoms with Crippen LogP contribution in [0.15, 0.2) is 47.4 Å². The highest BCUT2D eigenvalue weighted by Gasteiger charge is 2.15. The zero-order chi connectivity index (χ0) is 22.3. The smallest absolute Gasteiger partial charge is 0.338 e. The molecule has 9 nitrogen and oxygen atoms in total. The Morgan fingerprint density at radius 3 is 1.80 bits per heavy atom. The average molecular weight is 452 g/mol. The topological polar surface area (TPSA) is 137 Å². The minimum Gasteiger partial charge on any atom is -0.462 e. The van der Waals surface area contributed by atoms with E-state index < -0.39 is 22.0 Å². The Labute approximate surface area is 179 Å². The molecule has 0 spiro atoms. The average Bonchev–Trinajstić information content (AvgIpc) is 2.67. The molecular formula is C19H21N3O6S2. The number of nitrogens with two attached hydrogens (primary N) is 1. The number of sulfonamides is 1. The summed E-state index contributed by atoms with van der Waals surface area (Å²) in [6.07, 6.45) is 0. The predicted molar refractivity (Wildman–Crippen MR) is 116 cm³/mol. The van der Waals surface area contributed by atoms with E-state index in [1.807, 2.05) is 0 Å². The molecule has 0 bridgehead atoms. The lowest BCUT2D eigenvalue weighted by atomic mass is 10.1. The van der Waals surface area contributed by atoms with Crippen molar-refractivity contribution in [3.05, 3.63) is 53.6 Å². The van der Waals surface area contributed by atoms with Crippen LogP contribution in [0.4, 0.5) is 11.4 Å². The molecule has 0 aliphatic rings. The molecule has 0 saturated heterocycles. The molecule has 11 heteroatoms. The fourth-order valence-electron chi connectivity index (χ4n) is 2.39. The molecule has 0 aliphatic heterocycles. The van der Waals surface area contributed by atoms with Gasteiger partial charge in [0, 0.05) is 11.4 Å². The number of thiocarbonyl (C=S) groups is 1. The van der Waals surface area contributed by atoms with Gasteiger partial charge in [0.15, 0.2) is 5.11 Å². The monoisotopic (exact) mass is 451 g/mol. The second kappa shape index (κ2) is 10.1. The number of anilines is 2. The van der Waals surface area contributed by atoms with Gasteiger partial charge in [-0.15, -0.1) is 0 Å². The van der Waals surface area contributed by atoms with E-state index in [0.717, 1.165) is 0 Å². The maximum Gasteiger partial charge on any atom is 0.338 e. The minimum atomic E-state index is -3.80. The van der Waals surface area contributed by atoms with Crippen LogP contribution in [-0.4, -0.2) is 38.7 Å². The summed E-state index contributed by atoms with van der Waals surface area (Å²) in [5.74, 6) is -1.19. The lowest BCUT2D eigenvalue weighted by molar-refractivity contribution is 0.0525. The van der Waals surface area contributed by atoms with Crippen LogP contribution in [0.2, 0.25) is 0 Å². The van der Waals surface area contributed by atoms with Gasteiger partial charge < -0.3 is 20.1 Å². The molecule has 2 aromatic carbocycles. The Balaban J connectivity index is 2.21. The van der Waals surface area contributed by atoms with E-state index in [2.05, 4.69) is 10.6 Å². The number of nitrogens with one attached hydrogen (secondary N) is 2. The molecule has 0 atom stereocenters. The van der Waals surface area contributed by atoms with Crippen molar-refractivity contribution in [3.8, 4) is 0 Å². The molecule has 2 aromatic rings. The Morgan fingerprint density at radius 2 is 1.37 bits per heavy atom. The van der Waals surface area contributed by atoms with Crippen LogP contribution >= 0.6 is 12.2 Å². The minimum absolute atomic E-state index is 0.0341. The third-order valence-electron chi connectivity index (χ3n) is 3.65. The summed E-state index contributed by atoms with van der Waals surface area (Å²) in [6, 6.07) is 10.0. The van der Waals surface area contributed by atoms with E-state index in [1.165, 1.54) is 42.5 Å². The van der Waals surface area contributed by atoms with Gasteiger partial charge in [0.2, 0.25) is 10.0 Å². The van der Waals surface area contributed by atoms with Crippen molar-refractivity contribution in [2.75, 3.05) is 23.8 Å². The second-order valence-corrected chi connectivity index (χ2v) is 7.86. The van der Waals surface area contributed by atoms with E-state index in [4.69, 9.17) is 26.8 Å². The van der Waals surface area contributed by atoms with Crippen molar-refractivity contribution in [2.24, 2.45) is 5.14 Å². The molecule has 0 fully saturated rings. The first-order chi connectivity index (χ1) is 14.1. The molecule has 0 aromatic heterocycles. The molecule has 160 valence electrons. The summed E-state index contributed by atoms with van der Waals surface area (Å²) in [5.41, 5.74) is 1.18. The predicted octanol–water partition coefficient (Wildman–Crippen LogP) is 2.50. The highest BCUT2D eigenvalue weighted by Crippen LogP contribution is 2.19. The van der Waals surface area contributed by atoms with Gasteiger partial charge >= 0.3 is 11.9 Å². The maximum absolute atomic E-state index is 12.1. The normalized spacial score (nSPS) is 10.8. The van der Waals surface area contributed by atoms with Crippen molar-refractivity contribution in [3.63, 3.8) is 0 Å². The zero-order valence-electron chi connectivity index (χ0n) is 16.3. The molecule has 4 N–H and O–H groups in total. The van der Waals surface area contributed by atoms with Gasteiger partial charge in [-0.25, -0.2) is 23.1 Å². The third kappa shape index (κ3) is 6.51. The largest absolute Gasteiger partial charge is 0.462 e. The van der Waals surface area contributed by atoms with Gasteiger partial charge in [-0.2, -0.15) is 0 Å². The van der Waals surface area contributed by atoms with Gasteiger partial charge in [-0.3, -0.25) is 0 Å². The van der Waals surface area contributed by atoms with Gasteiger partial charge in [0.25, 0.3) is 0 Å². The van der Waals surface area contributed by atoms with Crippen LogP contribution in [0.1, 0.15) is 34.6 Å². The van der Waals surface area contributed by atoms with E-state index in [0.29, 0.717) is 11.4 Å². The zero-order valence-corrected chi connectivity index (χ0v) is 17.9. The lowest BCUT2D eigenvalue weighted by Gasteiger charge is -2.13. The first kappa shape index (κ1) is 23.3. The highest BCUT2D eigenvalue weighted by molar-refractivity contribution is 7.89. The Morgan fingerprint density at radius 1 is 0.900 bits per heavy atom. The Kier molecular flexibility index (Phi) is 7.86. The van der Waals surface area contributed by atoms with Crippen LogP contribution in [0.3, 0.4) is 0 Å². The van der Waals surface area contributed by atoms with E-state index >= 15 is 0 Å². The van der Waals surface area contributed by atoms with Crippen LogP contribution in [0, 0.1) is 0 Å². The molecule has 0 heterocycles. The van der Waals surface area contributed by atoms with Crippen molar-refractivity contribution < 1.29 is 27.5 Å². The SMILES string of the molecule is CCOC(=O)c1cc(NC(=S)Nc2ccc(S(N)(=O)=O)cc2)cc(C(=O)OCC)c1. The Bertz CT molecular complexity index is 1020. The van der Waals surface area contributed by atoms with Gasteiger partial charge in [-0.05, 0) is 68.5 Å². The third-order valence-corrected chi connectivity index (χ3v) is 4.79. The van der Waals surface area contributed by atoms with Crippen molar-refractivity contribution in [1.82, 2.24) is 0 Å². The molecule has 0 radical (unpaired) electrons. The number of primary sulfonamides is 1. The number of carbonyl (C=O) groups excluding carboxylic acids is 2. The Hall–Kier alpha value is -3.02. The molecule has 0 unspecified atom stereocenters. The number of hydrogen-bond acceptors (Lipinski definition) is 7. The molecule has 0 amide bonds. The number of ether oxygens (including phenoxy) is 2. The van der Waals surface area contributed by atoms with E-state index in [1.54, 1.807) is 13.8 Å². The van der Waals surface area contributed by atoms with Crippen LogP contribution in [-0.2, 0) is 19.5 Å². The number of rotatable bonds is 7. The quantitative estimate of drug-likeness (QED) is 0.428. The summed E-state index contributed by atoms with van der Waals surface area (Å²) >= 11 is 5.25. The highest BCUT2D eigenvalue weighted by atomic mass is 32.2. The first-order valence-electron chi connectivity index (χ1n) is 8.84. The van der Waals surface area contributed by atoms with Crippen molar-refractivity contribution >= 4 is 50.7 Å². The van der Waals surface area contributed by atoms with Gasteiger partial charge in [-0.1, -0.05) is 0 Å². The van der Waals surface area contributed by atoms with E-state index in [-0.39, 0.29) is 34.3 Å². The summed E-state index contributed by atoms with van der Waals surface area (Å²) in [4.78, 5) is 24.2. The molecular weight excluding hydrogens is 430 g/mol. The number of benzene rings is 2. The number of hydrogen-bond donors (Lipinski definition) is 3. The fourth-order valence-corrected chi connectivity index (χ4v) is 3.14. The maximum atomic E-state index is 12.1. The molecule has 0 saturated carbocycles. The fraction of sp³-hybridized carbons (Fsp3) is 0.211.